The predicted molar refractivity (Wildman–Crippen MR) is 85.6 cm³/mol. The van der Waals surface area contributed by atoms with E-state index in [1.54, 1.807) is 6.26 Å². The minimum Gasteiger partial charge on any atom is -0.468 e. The van der Waals surface area contributed by atoms with Gasteiger partial charge in [-0.15, -0.1) is 0 Å². The van der Waals surface area contributed by atoms with E-state index in [4.69, 9.17) is 4.42 Å². The van der Waals surface area contributed by atoms with Crippen molar-refractivity contribution in [3.8, 4) is 0 Å². The number of carbonyl (C=O) groups is 1. The molecule has 3 fully saturated rings. The number of hydrogen-bond acceptors (Lipinski definition) is 4. The highest BCUT2D eigenvalue weighted by Crippen LogP contribution is 2.37. The number of furan rings is 1. The van der Waals surface area contributed by atoms with Gasteiger partial charge in [0, 0.05) is 38.0 Å². The molecule has 4 rings (SSSR count). The van der Waals surface area contributed by atoms with Crippen LogP contribution in [0, 0.1) is 11.8 Å². The summed E-state index contributed by atoms with van der Waals surface area (Å²) in [7, 11) is 0. The van der Waals surface area contributed by atoms with E-state index in [1.807, 2.05) is 17.0 Å². The Morgan fingerprint density at radius 3 is 2.83 bits per heavy atom. The molecule has 0 radical (unpaired) electrons. The van der Waals surface area contributed by atoms with E-state index in [-0.39, 0.29) is 11.8 Å². The number of likely N-dealkylation sites (tertiary alicyclic amines) is 2. The van der Waals surface area contributed by atoms with Gasteiger partial charge in [0.15, 0.2) is 0 Å². The zero-order valence-electron chi connectivity index (χ0n) is 13.6. The molecule has 0 bridgehead atoms. The second-order valence-corrected chi connectivity index (χ2v) is 7.53. The Labute approximate surface area is 137 Å². The zero-order chi connectivity index (χ0) is 15.9. The Bertz CT molecular complexity index is 555. The molecule has 0 aromatic carbocycles. The minimum absolute atomic E-state index is 0.156. The molecule has 3 aliphatic rings. The van der Waals surface area contributed by atoms with Crippen molar-refractivity contribution in [1.29, 1.82) is 0 Å². The van der Waals surface area contributed by atoms with Crippen LogP contribution in [0.4, 0.5) is 0 Å². The summed E-state index contributed by atoms with van der Waals surface area (Å²) in [6, 6.07) is 3.91. The van der Waals surface area contributed by atoms with Gasteiger partial charge in [-0.25, -0.2) is 0 Å². The van der Waals surface area contributed by atoms with Crippen molar-refractivity contribution in [3.63, 3.8) is 0 Å². The Hall–Kier alpha value is -1.33. The van der Waals surface area contributed by atoms with E-state index in [2.05, 4.69) is 4.90 Å². The first-order valence-corrected chi connectivity index (χ1v) is 8.90. The molecule has 2 saturated heterocycles. The average molecular weight is 318 g/mol. The lowest BCUT2D eigenvalue weighted by molar-refractivity contribution is -0.153. The van der Waals surface area contributed by atoms with Crippen molar-refractivity contribution in [3.05, 3.63) is 24.2 Å². The van der Waals surface area contributed by atoms with Crippen LogP contribution in [0.3, 0.4) is 0 Å². The van der Waals surface area contributed by atoms with Crippen molar-refractivity contribution in [2.24, 2.45) is 11.8 Å². The fourth-order valence-corrected chi connectivity index (χ4v) is 4.25. The van der Waals surface area contributed by atoms with Gasteiger partial charge < -0.3 is 14.4 Å². The van der Waals surface area contributed by atoms with Gasteiger partial charge in [0.05, 0.1) is 18.4 Å². The van der Waals surface area contributed by atoms with Gasteiger partial charge >= 0.3 is 0 Å². The van der Waals surface area contributed by atoms with Gasteiger partial charge in [0.25, 0.3) is 0 Å². The van der Waals surface area contributed by atoms with E-state index < -0.39 is 5.60 Å². The zero-order valence-corrected chi connectivity index (χ0v) is 13.6. The fourth-order valence-electron chi connectivity index (χ4n) is 4.25. The molecule has 5 nitrogen and oxygen atoms in total. The molecule has 1 N–H and O–H groups in total. The Morgan fingerprint density at radius 2 is 2.13 bits per heavy atom. The van der Waals surface area contributed by atoms with Gasteiger partial charge in [-0.05, 0) is 37.8 Å². The number of hydrogen-bond donors (Lipinski definition) is 1. The number of rotatable bonds is 3. The number of aliphatic hydroxyl groups is 1. The number of amides is 1. The van der Waals surface area contributed by atoms with Gasteiger partial charge in [-0.1, -0.05) is 6.42 Å². The summed E-state index contributed by atoms with van der Waals surface area (Å²) in [6.07, 6.45) is 6.52. The molecule has 1 aromatic rings. The Kier molecular flexibility index (Phi) is 3.93. The van der Waals surface area contributed by atoms with Crippen LogP contribution in [0.2, 0.25) is 0 Å². The van der Waals surface area contributed by atoms with E-state index in [9.17, 15) is 9.90 Å². The van der Waals surface area contributed by atoms with Crippen molar-refractivity contribution in [2.75, 3.05) is 26.2 Å². The molecular formula is C18H26N2O3. The monoisotopic (exact) mass is 318 g/mol. The van der Waals surface area contributed by atoms with Crippen molar-refractivity contribution in [2.45, 2.75) is 44.2 Å². The molecule has 1 amide bonds. The molecule has 1 aliphatic carbocycles. The SMILES string of the molecule is O=C(C1CCC1)N1CC[C@]2(O)CCN(Cc3ccco3)C[C@@H]2C1. The topological polar surface area (TPSA) is 56.9 Å². The summed E-state index contributed by atoms with van der Waals surface area (Å²) in [6.45, 7) is 3.95. The second kappa shape index (κ2) is 5.95. The summed E-state index contributed by atoms with van der Waals surface area (Å²) in [5.74, 6) is 1.70. The minimum atomic E-state index is -0.587. The molecule has 2 atom stereocenters. The first-order chi connectivity index (χ1) is 11.1. The summed E-state index contributed by atoms with van der Waals surface area (Å²) < 4.78 is 5.44. The number of fused-ring (bicyclic) bond motifs is 1. The van der Waals surface area contributed by atoms with Crippen LogP contribution in [0.5, 0.6) is 0 Å². The van der Waals surface area contributed by atoms with Crippen molar-refractivity contribution < 1.29 is 14.3 Å². The number of piperidine rings is 2. The van der Waals surface area contributed by atoms with E-state index >= 15 is 0 Å². The van der Waals surface area contributed by atoms with Crippen LogP contribution in [0.25, 0.3) is 0 Å². The molecule has 2 aliphatic heterocycles. The van der Waals surface area contributed by atoms with Gasteiger partial charge in [0.2, 0.25) is 5.91 Å². The van der Waals surface area contributed by atoms with Crippen molar-refractivity contribution >= 4 is 5.91 Å². The van der Waals surface area contributed by atoms with Crippen LogP contribution in [0.1, 0.15) is 37.9 Å². The quantitative estimate of drug-likeness (QED) is 0.924. The molecule has 1 aromatic heterocycles. The normalized spacial score (nSPS) is 32.4. The average Bonchev–Trinajstić information content (AvgIpc) is 2.98. The third-order valence-electron chi connectivity index (χ3n) is 6.08. The van der Waals surface area contributed by atoms with Crippen LogP contribution >= 0.6 is 0 Å². The van der Waals surface area contributed by atoms with Crippen LogP contribution in [-0.4, -0.2) is 52.6 Å². The van der Waals surface area contributed by atoms with Crippen molar-refractivity contribution in [1.82, 2.24) is 9.80 Å². The highest BCUT2D eigenvalue weighted by molar-refractivity contribution is 5.79. The summed E-state index contributed by atoms with van der Waals surface area (Å²) in [4.78, 5) is 16.9. The molecule has 1 saturated carbocycles. The molecule has 3 heterocycles. The van der Waals surface area contributed by atoms with E-state index in [1.165, 1.54) is 6.42 Å². The third-order valence-corrected chi connectivity index (χ3v) is 6.08. The molecule has 23 heavy (non-hydrogen) atoms. The Balaban J connectivity index is 1.40. The van der Waals surface area contributed by atoms with E-state index in [0.29, 0.717) is 12.5 Å². The van der Waals surface area contributed by atoms with Gasteiger partial charge in [-0.2, -0.15) is 0 Å². The molecule has 0 spiro atoms. The van der Waals surface area contributed by atoms with Gasteiger partial charge in [0.1, 0.15) is 5.76 Å². The molecular weight excluding hydrogens is 292 g/mol. The highest BCUT2D eigenvalue weighted by Gasteiger charge is 2.46. The third kappa shape index (κ3) is 2.92. The van der Waals surface area contributed by atoms with Crippen LogP contribution < -0.4 is 0 Å². The van der Waals surface area contributed by atoms with Crippen LogP contribution in [-0.2, 0) is 11.3 Å². The smallest absolute Gasteiger partial charge is 0.225 e. The maximum Gasteiger partial charge on any atom is 0.225 e. The summed E-state index contributed by atoms with van der Waals surface area (Å²) in [5.41, 5.74) is -0.587. The lowest BCUT2D eigenvalue weighted by Crippen LogP contribution is -2.61. The maximum atomic E-state index is 12.5. The number of nitrogens with zero attached hydrogens (tertiary/aromatic N) is 2. The number of carbonyl (C=O) groups excluding carboxylic acids is 1. The molecule has 126 valence electrons. The molecule has 0 unspecified atom stereocenters. The Morgan fingerprint density at radius 1 is 1.30 bits per heavy atom. The second-order valence-electron chi connectivity index (χ2n) is 7.53. The summed E-state index contributed by atoms with van der Waals surface area (Å²) >= 11 is 0. The predicted octanol–water partition coefficient (Wildman–Crippen LogP) is 1.86. The lowest BCUT2D eigenvalue weighted by atomic mass is 9.75. The van der Waals surface area contributed by atoms with Gasteiger partial charge in [-0.3, -0.25) is 9.69 Å². The lowest BCUT2D eigenvalue weighted by Gasteiger charge is -2.50. The summed E-state index contributed by atoms with van der Waals surface area (Å²) in [5, 5.41) is 11.0. The maximum absolute atomic E-state index is 12.5. The van der Waals surface area contributed by atoms with E-state index in [0.717, 1.165) is 57.6 Å². The first kappa shape index (κ1) is 15.2. The largest absolute Gasteiger partial charge is 0.468 e. The highest BCUT2D eigenvalue weighted by atomic mass is 16.3. The standard InChI is InChI=1S/C18H26N2O3/c21-17(14-3-1-4-14)20-9-7-18(22)6-8-19(11-15(18)12-20)13-16-5-2-10-23-16/h2,5,10,14-15,22H,1,3-4,6-9,11-13H2/t15-,18-/m1/s1. The molecule has 5 heteroatoms. The van der Waals surface area contributed by atoms with Crippen LogP contribution in [0.15, 0.2) is 22.8 Å². The fraction of sp³-hybridized carbons (Fsp3) is 0.722. The first-order valence-electron chi connectivity index (χ1n) is 8.90.